The lowest BCUT2D eigenvalue weighted by atomic mass is 10.0. The molecule has 0 radical (unpaired) electrons. The maximum absolute atomic E-state index is 4.46. The van der Waals surface area contributed by atoms with Crippen molar-refractivity contribution in [2.24, 2.45) is 4.99 Å². The third kappa shape index (κ3) is 1.37. The van der Waals surface area contributed by atoms with E-state index in [4.69, 9.17) is 0 Å². The Morgan fingerprint density at radius 2 is 1.80 bits per heavy atom. The minimum absolute atomic E-state index is 0.818. The number of fused-ring (bicyclic) bond motifs is 1. The van der Waals surface area contributed by atoms with Crippen molar-refractivity contribution >= 4 is 16.5 Å². The molecule has 72 valence electrons. The average Bonchev–Trinajstić information content (AvgIpc) is 2.82. The van der Waals surface area contributed by atoms with Crippen LogP contribution in [0.1, 0.15) is 5.56 Å². The van der Waals surface area contributed by atoms with E-state index < -0.39 is 0 Å². The fourth-order valence-corrected chi connectivity index (χ4v) is 1.99. The van der Waals surface area contributed by atoms with E-state index in [1.54, 1.807) is 0 Å². The minimum atomic E-state index is 0.818. The summed E-state index contributed by atoms with van der Waals surface area (Å²) in [5.74, 6) is 0. The number of aliphatic imine (C=N–C) groups is 1. The highest BCUT2D eigenvalue weighted by molar-refractivity contribution is 6.17. The van der Waals surface area contributed by atoms with E-state index >= 15 is 0 Å². The Balaban J connectivity index is 2.30. The van der Waals surface area contributed by atoms with Gasteiger partial charge in [0.15, 0.2) is 0 Å². The van der Waals surface area contributed by atoms with Gasteiger partial charge in [0.2, 0.25) is 0 Å². The molecule has 0 fully saturated rings. The molecule has 1 heterocycles. The molecule has 2 aromatic carbocycles. The molecule has 3 rings (SSSR count). The van der Waals surface area contributed by atoms with Gasteiger partial charge in [0, 0.05) is 5.56 Å². The predicted molar refractivity (Wildman–Crippen MR) is 64.5 cm³/mol. The van der Waals surface area contributed by atoms with E-state index in [0.29, 0.717) is 0 Å². The molecule has 0 amide bonds. The van der Waals surface area contributed by atoms with E-state index in [0.717, 1.165) is 12.3 Å². The monoisotopic (exact) mass is 193 g/mol. The topological polar surface area (TPSA) is 12.4 Å². The molecule has 0 atom stereocenters. The van der Waals surface area contributed by atoms with Gasteiger partial charge in [-0.25, -0.2) is 0 Å². The molecular weight excluding hydrogens is 182 g/mol. The van der Waals surface area contributed by atoms with Crippen molar-refractivity contribution in [3.8, 4) is 0 Å². The van der Waals surface area contributed by atoms with Crippen LogP contribution < -0.4 is 0 Å². The van der Waals surface area contributed by atoms with Crippen LogP contribution in [-0.2, 0) is 0 Å². The zero-order valence-corrected chi connectivity index (χ0v) is 8.35. The van der Waals surface area contributed by atoms with E-state index in [1.165, 1.54) is 16.3 Å². The Labute approximate surface area is 88.8 Å². The van der Waals surface area contributed by atoms with E-state index in [-0.39, 0.29) is 0 Å². The van der Waals surface area contributed by atoms with Gasteiger partial charge in [-0.2, -0.15) is 0 Å². The summed E-state index contributed by atoms with van der Waals surface area (Å²) in [6.07, 6.45) is 4.19. The van der Waals surface area contributed by atoms with Crippen molar-refractivity contribution in [2.75, 3.05) is 6.54 Å². The molecule has 1 heteroatoms. The zero-order chi connectivity index (χ0) is 10.1. The maximum atomic E-state index is 4.46. The quantitative estimate of drug-likeness (QED) is 0.659. The Bertz CT molecular complexity index is 559. The molecule has 0 spiro atoms. The standard InChI is InChI=1S/C14H11N/c1-2-7-12-11(5-1)6-3-8-13(12)14-9-4-10-15-14/h1-9H,10H2. The van der Waals surface area contributed by atoms with E-state index in [2.05, 4.69) is 59.6 Å². The van der Waals surface area contributed by atoms with Gasteiger partial charge >= 0.3 is 0 Å². The third-order valence-corrected chi connectivity index (χ3v) is 2.71. The molecule has 15 heavy (non-hydrogen) atoms. The summed E-state index contributed by atoms with van der Waals surface area (Å²) in [5, 5.41) is 2.56. The molecule has 0 aliphatic carbocycles. The summed E-state index contributed by atoms with van der Waals surface area (Å²) >= 11 is 0. The van der Waals surface area contributed by atoms with Crippen molar-refractivity contribution in [3.05, 3.63) is 60.2 Å². The molecule has 0 aromatic heterocycles. The highest BCUT2D eigenvalue weighted by Crippen LogP contribution is 2.20. The van der Waals surface area contributed by atoms with Crippen LogP contribution in [0.25, 0.3) is 10.8 Å². The lowest BCUT2D eigenvalue weighted by Gasteiger charge is -2.04. The molecule has 1 aliphatic rings. The van der Waals surface area contributed by atoms with Gasteiger partial charge in [-0.15, -0.1) is 0 Å². The second-order valence-corrected chi connectivity index (χ2v) is 3.66. The lowest BCUT2D eigenvalue weighted by molar-refractivity contribution is 1.28. The van der Waals surface area contributed by atoms with Gasteiger partial charge in [-0.05, 0) is 16.8 Å². The summed E-state index contributed by atoms with van der Waals surface area (Å²) in [6, 6.07) is 14.8. The van der Waals surface area contributed by atoms with Crippen molar-refractivity contribution < 1.29 is 0 Å². The van der Waals surface area contributed by atoms with E-state index in [1.807, 2.05) is 0 Å². The fourth-order valence-electron chi connectivity index (χ4n) is 1.99. The van der Waals surface area contributed by atoms with E-state index in [9.17, 15) is 0 Å². The second kappa shape index (κ2) is 3.35. The third-order valence-electron chi connectivity index (χ3n) is 2.71. The van der Waals surface area contributed by atoms with Crippen molar-refractivity contribution in [1.29, 1.82) is 0 Å². The van der Waals surface area contributed by atoms with Crippen LogP contribution in [0, 0.1) is 0 Å². The first-order valence-electron chi connectivity index (χ1n) is 5.14. The molecule has 1 nitrogen and oxygen atoms in total. The Kier molecular flexibility index (Phi) is 1.88. The van der Waals surface area contributed by atoms with Crippen molar-refractivity contribution in [2.45, 2.75) is 0 Å². The summed E-state index contributed by atoms with van der Waals surface area (Å²) in [7, 11) is 0. The molecule has 1 aliphatic heterocycles. The Hall–Kier alpha value is -1.89. The normalized spacial score (nSPS) is 14.5. The fraction of sp³-hybridized carbons (Fsp3) is 0.0714. The summed E-state index contributed by atoms with van der Waals surface area (Å²) in [5.41, 5.74) is 2.34. The minimum Gasteiger partial charge on any atom is -0.281 e. The van der Waals surface area contributed by atoms with Crippen molar-refractivity contribution in [3.63, 3.8) is 0 Å². The van der Waals surface area contributed by atoms with Crippen LogP contribution in [-0.4, -0.2) is 12.3 Å². The first kappa shape index (κ1) is 8.42. The second-order valence-electron chi connectivity index (χ2n) is 3.66. The van der Waals surface area contributed by atoms with Gasteiger partial charge in [-0.3, -0.25) is 4.99 Å². The molecule has 0 saturated carbocycles. The van der Waals surface area contributed by atoms with Gasteiger partial charge in [0.1, 0.15) is 0 Å². The van der Waals surface area contributed by atoms with Gasteiger partial charge in [0.05, 0.1) is 12.3 Å². The summed E-state index contributed by atoms with van der Waals surface area (Å²) in [6.45, 7) is 0.818. The molecular formula is C14H11N. The highest BCUT2D eigenvalue weighted by Gasteiger charge is 2.06. The predicted octanol–water partition coefficient (Wildman–Crippen LogP) is 3.20. The number of allylic oxidation sites excluding steroid dienone is 1. The van der Waals surface area contributed by atoms with Crippen molar-refractivity contribution in [1.82, 2.24) is 0 Å². The van der Waals surface area contributed by atoms with Gasteiger partial charge < -0.3 is 0 Å². The Morgan fingerprint density at radius 3 is 2.67 bits per heavy atom. The van der Waals surface area contributed by atoms with Crippen LogP contribution in [0.2, 0.25) is 0 Å². The number of rotatable bonds is 1. The van der Waals surface area contributed by atoms with Crippen LogP contribution >= 0.6 is 0 Å². The van der Waals surface area contributed by atoms with Crippen LogP contribution in [0.3, 0.4) is 0 Å². The summed E-state index contributed by atoms with van der Waals surface area (Å²) < 4.78 is 0. The number of hydrogen-bond acceptors (Lipinski definition) is 1. The average molecular weight is 193 g/mol. The summed E-state index contributed by atoms with van der Waals surface area (Å²) in [4.78, 5) is 4.46. The smallest absolute Gasteiger partial charge is 0.0654 e. The highest BCUT2D eigenvalue weighted by atomic mass is 14.7. The maximum Gasteiger partial charge on any atom is 0.0654 e. The molecule has 0 unspecified atom stereocenters. The van der Waals surface area contributed by atoms with Crippen LogP contribution in [0.15, 0.2) is 59.6 Å². The van der Waals surface area contributed by atoms with Crippen LogP contribution in [0.4, 0.5) is 0 Å². The number of hydrogen-bond donors (Lipinski definition) is 0. The molecule has 2 aromatic rings. The SMILES string of the molecule is C1=CC(c2cccc3ccccc23)=NC1. The molecule has 0 bridgehead atoms. The largest absolute Gasteiger partial charge is 0.281 e. The number of benzene rings is 2. The first-order valence-corrected chi connectivity index (χ1v) is 5.14. The molecule has 0 saturated heterocycles. The van der Waals surface area contributed by atoms with Gasteiger partial charge in [-0.1, -0.05) is 48.5 Å². The number of nitrogens with zero attached hydrogens (tertiary/aromatic N) is 1. The Morgan fingerprint density at radius 1 is 0.933 bits per heavy atom. The van der Waals surface area contributed by atoms with Crippen LogP contribution in [0.5, 0.6) is 0 Å². The lowest BCUT2D eigenvalue weighted by Crippen LogP contribution is -1.94. The van der Waals surface area contributed by atoms with Gasteiger partial charge in [0.25, 0.3) is 0 Å². The first-order chi connectivity index (χ1) is 7.45. The molecule has 0 N–H and O–H groups in total. The zero-order valence-electron chi connectivity index (χ0n) is 8.35.